The summed E-state index contributed by atoms with van der Waals surface area (Å²) in [6.07, 6.45) is 0. The van der Waals surface area contributed by atoms with E-state index < -0.39 is 15.7 Å². The van der Waals surface area contributed by atoms with Gasteiger partial charge in [0.1, 0.15) is 0 Å². The highest BCUT2D eigenvalue weighted by molar-refractivity contribution is 7.99. The SMILES string of the molecule is Nc1nc(N)nc(N)n1.O=CS(=O)(=O)O. The first-order valence-corrected chi connectivity index (χ1v) is 4.70. The topological polar surface area (TPSA) is 188 Å². The molecule has 0 aromatic carbocycles. The number of hydrogen-bond acceptors (Lipinski definition) is 9. The van der Waals surface area contributed by atoms with Gasteiger partial charge in [-0.15, -0.1) is 0 Å². The average molecular weight is 236 g/mol. The number of nitrogens with two attached hydrogens (primary N) is 3. The minimum atomic E-state index is -4.34. The van der Waals surface area contributed by atoms with Crippen LogP contribution in [0.15, 0.2) is 0 Å². The summed E-state index contributed by atoms with van der Waals surface area (Å²) in [4.78, 5) is 19.5. The lowest BCUT2D eigenvalue weighted by Gasteiger charge is -1.93. The molecule has 0 saturated carbocycles. The van der Waals surface area contributed by atoms with E-state index in [4.69, 9.17) is 26.5 Å². The van der Waals surface area contributed by atoms with Gasteiger partial charge in [-0.05, 0) is 0 Å². The van der Waals surface area contributed by atoms with Crippen LogP contribution in [0, 0.1) is 0 Å². The van der Waals surface area contributed by atoms with E-state index in [1.807, 2.05) is 0 Å². The van der Waals surface area contributed by atoms with Crippen LogP contribution in [0.5, 0.6) is 0 Å². The molecule has 0 aliphatic heterocycles. The third-order valence-electron chi connectivity index (χ3n) is 0.809. The molecule has 0 radical (unpaired) electrons. The van der Waals surface area contributed by atoms with Crippen LogP contribution in [-0.2, 0) is 14.9 Å². The Morgan fingerprint density at radius 2 is 1.20 bits per heavy atom. The Labute approximate surface area is 84.3 Å². The zero-order valence-corrected chi connectivity index (χ0v) is 8.05. The summed E-state index contributed by atoms with van der Waals surface area (Å²) in [6, 6.07) is 0. The Morgan fingerprint density at radius 3 is 1.33 bits per heavy atom. The van der Waals surface area contributed by atoms with Crippen LogP contribution in [0.1, 0.15) is 0 Å². The number of nitrogen functional groups attached to an aromatic ring is 3. The van der Waals surface area contributed by atoms with Crippen LogP contribution in [0.2, 0.25) is 0 Å². The molecule has 10 nitrogen and oxygen atoms in total. The lowest BCUT2D eigenvalue weighted by Crippen LogP contribution is -2.05. The first kappa shape index (κ1) is 13.0. The Bertz CT molecular complexity index is 382. The van der Waals surface area contributed by atoms with E-state index in [0.717, 1.165) is 0 Å². The smallest absolute Gasteiger partial charge is 0.325 e. The minimum absolute atomic E-state index is 0.0417. The number of aromatic nitrogens is 3. The molecule has 1 aromatic rings. The number of hydrogen-bond donors (Lipinski definition) is 4. The fourth-order valence-electron chi connectivity index (χ4n) is 0.427. The highest BCUT2D eigenvalue weighted by Gasteiger charge is 1.94. The summed E-state index contributed by atoms with van der Waals surface area (Å²) in [5.74, 6) is 0.125. The molecule has 1 aromatic heterocycles. The quantitative estimate of drug-likeness (QED) is 0.304. The Morgan fingerprint density at radius 1 is 1.00 bits per heavy atom. The molecule has 11 heteroatoms. The van der Waals surface area contributed by atoms with Crippen LogP contribution < -0.4 is 17.2 Å². The van der Waals surface area contributed by atoms with Crippen molar-refractivity contribution in [2.24, 2.45) is 0 Å². The lowest BCUT2D eigenvalue weighted by atomic mass is 10.9. The highest BCUT2D eigenvalue weighted by Crippen LogP contribution is 1.97. The van der Waals surface area contributed by atoms with Gasteiger partial charge in [0, 0.05) is 0 Å². The number of nitrogens with zero attached hydrogens (tertiary/aromatic N) is 3. The van der Waals surface area contributed by atoms with E-state index >= 15 is 0 Å². The Balaban J connectivity index is 0.000000288. The number of rotatable bonds is 1. The molecule has 1 heterocycles. The average Bonchev–Trinajstić information content (AvgIpc) is 2.01. The zero-order chi connectivity index (χ0) is 12.1. The van der Waals surface area contributed by atoms with E-state index in [1.54, 1.807) is 0 Å². The van der Waals surface area contributed by atoms with Crippen molar-refractivity contribution in [2.45, 2.75) is 0 Å². The van der Waals surface area contributed by atoms with Gasteiger partial charge >= 0.3 is 10.1 Å². The molecule has 0 fully saturated rings. The van der Waals surface area contributed by atoms with E-state index in [9.17, 15) is 8.42 Å². The molecule has 15 heavy (non-hydrogen) atoms. The molecule has 1 rings (SSSR count). The van der Waals surface area contributed by atoms with Gasteiger partial charge in [-0.2, -0.15) is 23.4 Å². The standard InChI is InChI=1S/C3H6N6.CH2O4S/c4-1-7-2(5)9-3(6)8-1;2-1-6(3,4)5/h(H6,4,5,6,7,8,9);1H,(H,3,4,5). The molecule has 7 N–H and O–H groups in total. The van der Waals surface area contributed by atoms with Gasteiger partial charge in [-0.1, -0.05) is 0 Å². The maximum atomic E-state index is 9.19. The second kappa shape index (κ2) is 5.02. The Kier molecular flexibility index (Phi) is 4.34. The van der Waals surface area contributed by atoms with Crippen molar-refractivity contribution in [1.82, 2.24) is 15.0 Å². The minimum Gasteiger partial charge on any atom is -0.368 e. The molecule has 0 aliphatic carbocycles. The van der Waals surface area contributed by atoms with Crippen molar-refractivity contribution in [1.29, 1.82) is 0 Å². The van der Waals surface area contributed by atoms with Crippen molar-refractivity contribution in [3.05, 3.63) is 0 Å². The number of anilines is 3. The maximum absolute atomic E-state index is 9.19. The zero-order valence-electron chi connectivity index (χ0n) is 7.23. The fourth-order valence-corrected chi connectivity index (χ4v) is 0.427. The summed E-state index contributed by atoms with van der Waals surface area (Å²) < 4.78 is 25.8. The van der Waals surface area contributed by atoms with Crippen LogP contribution in [0.4, 0.5) is 17.8 Å². The third kappa shape index (κ3) is 7.09. The first-order valence-electron chi connectivity index (χ1n) is 3.19. The second-order valence-corrected chi connectivity index (χ2v) is 3.24. The van der Waals surface area contributed by atoms with Crippen molar-refractivity contribution in [3.8, 4) is 0 Å². The molecular formula is C4H8N6O4S. The summed E-state index contributed by atoms with van der Waals surface area (Å²) in [6.45, 7) is 0. The molecule has 0 bridgehead atoms. The van der Waals surface area contributed by atoms with Crippen molar-refractivity contribution >= 4 is 33.6 Å². The largest absolute Gasteiger partial charge is 0.368 e. The maximum Gasteiger partial charge on any atom is 0.325 e. The van der Waals surface area contributed by atoms with Gasteiger partial charge in [0.25, 0.3) is 5.62 Å². The summed E-state index contributed by atoms with van der Waals surface area (Å²) in [5.41, 5.74) is 14.9. The molecule has 0 atom stereocenters. The van der Waals surface area contributed by atoms with E-state index in [0.29, 0.717) is 0 Å². The van der Waals surface area contributed by atoms with Gasteiger partial charge in [0.2, 0.25) is 17.8 Å². The van der Waals surface area contributed by atoms with Crippen LogP contribution in [-0.4, -0.2) is 33.5 Å². The van der Waals surface area contributed by atoms with E-state index in [2.05, 4.69) is 15.0 Å². The van der Waals surface area contributed by atoms with Crippen LogP contribution >= 0.6 is 0 Å². The van der Waals surface area contributed by atoms with Crippen LogP contribution in [0.3, 0.4) is 0 Å². The normalized spacial score (nSPS) is 9.93. The van der Waals surface area contributed by atoms with Gasteiger partial charge in [0.05, 0.1) is 0 Å². The monoisotopic (exact) mass is 236 g/mol. The van der Waals surface area contributed by atoms with Crippen molar-refractivity contribution in [2.75, 3.05) is 17.2 Å². The number of carbonyl (C=O) groups excluding carboxylic acids is 1. The fraction of sp³-hybridized carbons (Fsp3) is 0. The van der Waals surface area contributed by atoms with Gasteiger partial charge < -0.3 is 17.2 Å². The summed E-state index contributed by atoms with van der Waals surface area (Å²) in [7, 11) is -4.34. The van der Waals surface area contributed by atoms with E-state index in [1.165, 1.54) is 0 Å². The molecule has 84 valence electrons. The molecule has 0 unspecified atom stereocenters. The predicted molar refractivity (Wildman–Crippen MR) is 51.4 cm³/mol. The van der Waals surface area contributed by atoms with Crippen molar-refractivity contribution in [3.63, 3.8) is 0 Å². The van der Waals surface area contributed by atoms with Crippen LogP contribution in [0.25, 0.3) is 0 Å². The molecule has 0 spiro atoms. The summed E-state index contributed by atoms with van der Waals surface area (Å²) in [5, 5.41) is 0. The summed E-state index contributed by atoms with van der Waals surface area (Å²) >= 11 is 0. The van der Waals surface area contributed by atoms with Gasteiger partial charge in [-0.3, -0.25) is 9.35 Å². The second-order valence-electron chi connectivity index (χ2n) is 2.02. The van der Waals surface area contributed by atoms with Gasteiger partial charge in [0.15, 0.2) is 0 Å². The molecule has 0 saturated heterocycles. The van der Waals surface area contributed by atoms with E-state index in [-0.39, 0.29) is 17.8 Å². The molecular weight excluding hydrogens is 228 g/mol. The number of carbonyl (C=O) groups is 1. The third-order valence-corrected chi connectivity index (χ3v) is 1.05. The lowest BCUT2D eigenvalue weighted by molar-refractivity contribution is 0.487. The molecule has 0 amide bonds. The molecule has 0 aliphatic rings. The Hall–Kier alpha value is -2.01. The predicted octanol–water partition coefficient (Wildman–Crippen LogP) is -2.32. The van der Waals surface area contributed by atoms with Crippen molar-refractivity contribution < 1.29 is 17.8 Å². The van der Waals surface area contributed by atoms with Gasteiger partial charge in [-0.25, -0.2) is 0 Å². The highest BCUT2D eigenvalue weighted by atomic mass is 32.2. The first-order chi connectivity index (χ1) is 6.74.